The van der Waals surface area contributed by atoms with E-state index in [-0.39, 0.29) is 17.0 Å². The topological polar surface area (TPSA) is 66.4 Å². The fourth-order valence-corrected chi connectivity index (χ4v) is 2.52. The smallest absolute Gasteiger partial charge is 0.175 e. The molecule has 0 aliphatic heterocycles. The summed E-state index contributed by atoms with van der Waals surface area (Å²) in [6.45, 7) is 0.124. The summed E-state index contributed by atoms with van der Waals surface area (Å²) in [5.74, 6) is -0.459. The zero-order valence-corrected chi connectivity index (χ0v) is 12.3. The van der Waals surface area contributed by atoms with Crippen LogP contribution in [-0.4, -0.2) is 26.3 Å². The lowest BCUT2D eigenvalue weighted by atomic mass is 10.1. The number of rotatable bonds is 5. The Bertz CT molecular complexity index is 714. The molecule has 0 heterocycles. The molecular weight excluding hydrogens is 293 g/mol. The van der Waals surface area contributed by atoms with Crippen molar-refractivity contribution in [2.24, 2.45) is 0 Å². The van der Waals surface area contributed by atoms with Gasteiger partial charge in [-0.2, -0.15) is 0 Å². The lowest BCUT2D eigenvalue weighted by Gasteiger charge is -2.14. The van der Waals surface area contributed by atoms with E-state index in [4.69, 9.17) is 0 Å². The summed E-state index contributed by atoms with van der Waals surface area (Å²) in [6.07, 6.45) is 0.151. The van der Waals surface area contributed by atoms with E-state index in [9.17, 15) is 17.9 Å². The number of aliphatic hydroxyl groups excluding tert-OH is 1. The van der Waals surface area contributed by atoms with Gasteiger partial charge in [0.05, 0.1) is 11.0 Å². The average molecular weight is 309 g/mol. The first-order chi connectivity index (χ1) is 9.88. The lowest BCUT2D eigenvalue weighted by Crippen LogP contribution is -2.13. The van der Waals surface area contributed by atoms with Crippen LogP contribution in [-0.2, 0) is 9.84 Å². The fourth-order valence-electron chi connectivity index (χ4n) is 1.89. The van der Waals surface area contributed by atoms with Gasteiger partial charge in [0, 0.05) is 24.1 Å². The first-order valence-electron chi connectivity index (χ1n) is 6.34. The summed E-state index contributed by atoms with van der Waals surface area (Å²) in [7, 11) is -3.23. The second-order valence-electron chi connectivity index (χ2n) is 4.71. The third-order valence-electron chi connectivity index (χ3n) is 3.05. The molecule has 1 atom stereocenters. The summed E-state index contributed by atoms with van der Waals surface area (Å²) < 4.78 is 36.2. The molecule has 0 spiro atoms. The molecule has 1 unspecified atom stereocenters. The van der Waals surface area contributed by atoms with Gasteiger partial charge in [0.2, 0.25) is 0 Å². The molecule has 0 fully saturated rings. The van der Waals surface area contributed by atoms with Crippen LogP contribution in [0.5, 0.6) is 0 Å². The van der Waals surface area contributed by atoms with Crippen molar-refractivity contribution >= 4 is 15.5 Å². The summed E-state index contributed by atoms with van der Waals surface area (Å²) in [5.41, 5.74) is 0.871. The van der Waals surface area contributed by atoms with Crippen LogP contribution in [0, 0.1) is 5.82 Å². The molecule has 0 aliphatic carbocycles. The molecule has 0 aromatic heterocycles. The van der Waals surface area contributed by atoms with E-state index in [0.717, 1.165) is 6.26 Å². The predicted octanol–water partition coefficient (Wildman–Crippen LogP) is 2.37. The van der Waals surface area contributed by atoms with Crippen LogP contribution in [0.1, 0.15) is 11.7 Å². The number of aliphatic hydroxyl groups is 1. The zero-order valence-electron chi connectivity index (χ0n) is 11.5. The highest BCUT2D eigenvalue weighted by atomic mass is 32.2. The van der Waals surface area contributed by atoms with Crippen LogP contribution in [0.4, 0.5) is 10.1 Å². The van der Waals surface area contributed by atoms with Crippen LogP contribution in [0.3, 0.4) is 0 Å². The van der Waals surface area contributed by atoms with E-state index < -0.39 is 21.8 Å². The number of nitrogens with one attached hydrogen (secondary N) is 1. The summed E-state index contributed by atoms with van der Waals surface area (Å²) >= 11 is 0. The van der Waals surface area contributed by atoms with Crippen molar-refractivity contribution in [2.45, 2.75) is 11.0 Å². The van der Waals surface area contributed by atoms with Gasteiger partial charge in [-0.25, -0.2) is 12.8 Å². The fraction of sp³-hybridized carbons (Fsp3) is 0.200. The third-order valence-corrected chi connectivity index (χ3v) is 4.17. The van der Waals surface area contributed by atoms with Gasteiger partial charge >= 0.3 is 0 Å². The highest BCUT2D eigenvalue weighted by molar-refractivity contribution is 7.90. The van der Waals surface area contributed by atoms with E-state index in [0.29, 0.717) is 5.69 Å². The molecule has 6 heteroatoms. The maximum atomic E-state index is 13.5. The van der Waals surface area contributed by atoms with Gasteiger partial charge in [0.1, 0.15) is 5.82 Å². The van der Waals surface area contributed by atoms with Gasteiger partial charge in [0.25, 0.3) is 0 Å². The van der Waals surface area contributed by atoms with Crippen molar-refractivity contribution in [1.29, 1.82) is 0 Å². The van der Waals surface area contributed by atoms with Gasteiger partial charge in [-0.1, -0.05) is 18.2 Å². The SMILES string of the molecule is CS(=O)(=O)c1ccc(NCC(O)c2ccccc2F)cc1. The lowest BCUT2D eigenvalue weighted by molar-refractivity contribution is 0.186. The van der Waals surface area contributed by atoms with E-state index in [1.165, 1.54) is 24.3 Å². The highest BCUT2D eigenvalue weighted by Gasteiger charge is 2.12. The summed E-state index contributed by atoms with van der Waals surface area (Å²) in [4.78, 5) is 0.225. The van der Waals surface area contributed by atoms with Crippen LogP contribution < -0.4 is 5.32 Å². The van der Waals surface area contributed by atoms with Crippen LogP contribution in [0.25, 0.3) is 0 Å². The van der Waals surface area contributed by atoms with Crippen molar-refractivity contribution < 1.29 is 17.9 Å². The zero-order chi connectivity index (χ0) is 15.5. The Balaban J connectivity index is 2.02. The largest absolute Gasteiger partial charge is 0.386 e. The van der Waals surface area contributed by atoms with Gasteiger partial charge in [-0.05, 0) is 30.3 Å². The first-order valence-corrected chi connectivity index (χ1v) is 8.23. The number of anilines is 1. The molecular formula is C15H16FNO3S. The standard InChI is InChI=1S/C15H16FNO3S/c1-21(19,20)12-8-6-11(7-9-12)17-10-15(18)13-4-2-3-5-14(13)16/h2-9,15,17-18H,10H2,1H3. The molecule has 2 aromatic rings. The van der Waals surface area contributed by atoms with Gasteiger partial charge < -0.3 is 10.4 Å². The van der Waals surface area contributed by atoms with Crippen molar-refractivity contribution in [3.63, 3.8) is 0 Å². The minimum atomic E-state index is -3.23. The Morgan fingerprint density at radius 3 is 2.33 bits per heavy atom. The molecule has 0 saturated heterocycles. The molecule has 2 rings (SSSR count). The Morgan fingerprint density at radius 2 is 1.76 bits per heavy atom. The van der Waals surface area contributed by atoms with E-state index in [2.05, 4.69) is 5.32 Å². The first kappa shape index (κ1) is 15.5. The molecule has 112 valence electrons. The van der Waals surface area contributed by atoms with E-state index >= 15 is 0 Å². The number of hydrogen-bond acceptors (Lipinski definition) is 4. The summed E-state index contributed by atoms with van der Waals surface area (Å²) in [5, 5.41) is 12.9. The molecule has 2 N–H and O–H groups in total. The Labute approximate surface area is 123 Å². The Hall–Kier alpha value is -1.92. The van der Waals surface area contributed by atoms with Crippen LogP contribution >= 0.6 is 0 Å². The average Bonchev–Trinajstić information content (AvgIpc) is 2.45. The monoisotopic (exact) mass is 309 g/mol. The van der Waals surface area contributed by atoms with Gasteiger partial charge in [0.15, 0.2) is 9.84 Å². The molecule has 0 amide bonds. The normalized spacial score (nSPS) is 12.9. The maximum absolute atomic E-state index is 13.5. The van der Waals surface area contributed by atoms with E-state index in [1.54, 1.807) is 24.3 Å². The van der Waals surface area contributed by atoms with E-state index in [1.807, 2.05) is 0 Å². The van der Waals surface area contributed by atoms with Crippen molar-refractivity contribution in [3.05, 3.63) is 59.9 Å². The van der Waals surface area contributed by atoms with Crippen molar-refractivity contribution in [1.82, 2.24) is 0 Å². The molecule has 0 saturated carbocycles. The minimum Gasteiger partial charge on any atom is -0.386 e. The molecule has 21 heavy (non-hydrogen) atoms. The summed E-state index contributed by atoms with van der Waals surface area (Å²) in [6, 6.07) is 12.2. The number of sulfone groups is 1. The van der Waals surface area contributed by atoms with Gasteiger partial charge in [-0.3, -0.25) is 0 Å². The van der Waals surface area contributed by atoms with Crippen molar-refractivity contribution in [2.75, 3.05) is 18.1 Å². The van der Waals surface area contributed by atoms with Crippen LogP contribution in [0.15, 0.2) is 53.4 Å². The Kier molecular flexibility index (Phi) is 4.59. The molecule has 4 nitrogen and oxygen atoms in total. The second-order valence-corrected chi connectivity index (χ2v) is 6.73. The number of hydrogen-bond donors (Lipinski definition) is 2. The number of benzene rings is 2. The maximum Gasteiger partial charge on any atom is 0.175 e. The highest BCUT2D eigenvalue weighted by Crippen LogP contribution is 2.18. The van der Waals surface area contributed by atoms with Crippen LogP contribution in [0.2, 0.25) is 0 Å². The minimum absolute atomic E-state index is 0.124. The molecule has 2 aromatic carbocycles. The van der Waals surface area contributed by atoms with Crippen molar-refractivity contribution in [3.8, 4) is 0 Å². The predicted molar refractivity (Wildman–Crippen MR) is 79.4 cm³/mol. The molecule has 0 radical (unpaired) electrons. The Morgan fingerprint density at radius 1 is 1.14 bits per heavy atom. The second kappa shape index (κ2) is 6.24. The quantitative estimate of drug-likeness (QED) is 0.890. The number of halogens is 1. The third kappa shape index (κ3) is 4.03. The molecule has 0 bridgehead atoms. The van der Waals surface area contributed by atoms with Gasteiger partial charge in [-0.15, -0.1) is 0 Å². The molecule has 0 aliphatic rings.